The van der Waals surface area contributed by atoms with Crippen molar-refractivity contribution in [3.8, 4) is 0 Å². The molecule has 2 aromatic rings. The zero-order chi connectivity index (χ0) is 13.2. The Kier molecular flexibility index (Phi) is 3.67. The minimum Gasteiger partial charge on any atom is -0.316 e. The minimum atomic E-state index is 0.552. The van der Waals surface area contributed by atoms with E-state index in [4.69, 9.17) is 0 Å². The molecule has 0 amide bonds. The molecule has 3 heteroatoms. The van der Waals surface area contributed by atoms with Crippen LogP contribution in [0.5, 0.6) is 0 Å². The Morgan fingerprint density at radius 2 is 2.16 bits per heavy atom. The van der Waals surface area contributed by atoms with E-state index in [1.54, 1.807) is 11.3 Å². The fourth-order valence-corrected chi connectivity index (χ4v) is 3.73. The van der Waals surface area contributed by atoms with Crippen LogP contribution in [0.15, 0.2) is 35.7 Å². The number of thiazole rings is 1. The van der Waals surface area contributed by atoms with Crippen LogP contribution in [0.3, 0.4) is 0 Å². The van der Waals surface area contributed by atoms with Gasteiger partial charge in [0.1, 0.15) is 0 Å². The first-order valence-electron chi connectivity index (χ1n) is 6.91. The van der Waals surface area contributed by atoms with E-state index in [0.717, 1.165) is 24.0 Å². The third kappa shape index (κ3) is 2.88. The fraction of sp³-hybridized carbons (Fsp3) is 0.438. The number of benzene rings is 1. The standard InChI is InChI=1S/C16H20N2S/c1-11-10-19-16(18-11)9-15(17-2)14-8-13(14)12-6-4-3-5-7-12/h3-7,10,13-15,17H,8-9H2,1-2H3. The summed E-state index contributed by atoms with van der Waals surface area (Å²) in [5.74, 6) is 1.50. The quantitative estimate of drug-likeness (QED) is 0.902. The van der Waals surface area contributed by atoms with Crippen LogP contribution in [0.4, 0.5) is 0 Å². The molecule has 1 aromatic heterocycles. The molecule has 1 aliphatic rings. The maximum atomic E-state index is 4.58. The summed E-state index contributed by atoms with van der Waals surface area (Å²) < 4.78 is 0. The van der Waals surface area contributed by atoms with E-state index in [1.165, 1.54) is 17.0 Å². The van der Waals surface area contributed by atoms with E-state index in [-0.39, 0.29) is 0 Å². The summed E-state index contributed by atoms with van der Waals surface area (Å²) in [7, 11) is 2.07. The Morgan fingerprint density at radius 1 is 1.37 bits per heavy atom. The van der Waals surface area contributed by atoms with Crippen LogP contribution in [-0.2, 0) is 6.42 Å². The lowest BCUT2D eigenvalue weighted by Crippen LogP contribution is -2.30. The number of likely N-dealkylation sites (N-methyl/N-ethyl adjacent to an activating group) is 1. The molecule has 1 heterocycles. The summed E-state index contributed by atoms with van der Waals surface area (Å²) in [6, 6.07) is 11.4. The molecule has 1 fully saturated rings. The zero-order valence-corrected chi connectivity index (χ0v) is 12.3. The molecule has 3 atom stereocenters. The van der Waals surface area contributed by atoms with Crippen LogP contribution >= 0.6 is 11.3 Å². The van der Waals surface area contributed by atoms with Crippen molar-refractivity contribution in [1.82, 2.24) is 10.3 Å². The van der Waals surface area contributed by atoms with Crippen molar-refractivity contribution >= 4 is 11.3 Å². The molecule has 2 nitrogen and oxygen atoms in total. The molecule has 1 aromatic carbocycles. The molecule has 0 bridgehead atoms. The molecule has 0 radical (unpaired) electrons. The van der Waals surface area contributed by atoms with Crippen LogP contribution in [0.25, 0.3) is 0 Å². The Balaban J connectivity index is 1.65. The van der Waals surface area contributed by atoms with Crippen molar-refractivity contribution in [1.29, 1.82) is 0 Å². The summed E-state index contributed by atoms with van der Waals surface area (Å²) in [5, 5.41) is 6.89. The van der Waals surface area contributed by atoms with Crippen LogP contribution < -0.4 is 5.32 Å². The van der Waals surface area contributed by atoms with Gasteiger partial charge in [-0.3, -0.25) is 0 Å². The van der Waals surface area contributed by atoms with Crippen molar-refractivity contribution in [2.45, 2.75) is 31.7 Å². The zero-order valence-electron chi connectivity index (χ0n) is 11.5. The predicted octanol–water partition coefficient (Wildman–Crippen LogP) is 3.39. The largest absolute Gasteiger partial charge is 0.316 e. The molecule has 0 saturated heterocycles. The number of aryl methyl sites for hydroxylation is 1. The highest BCUT2D eigenvalue weighted by molar-refractivity contribution is 7.09. The van der Waals surface area contributed by atoms with Gasteiger partial charge < -0.3 is 5.32 Å². The number of hydrogen-bond donors (Lipinski definition) is 1. The van der Waals surface area contributed by atoms with E-state index < -0.39 is 0 Å². The van der Waals surface area contributed by atoms with E-state index in [9.17, 15) is 0 Å². The number of rotatable bonds is 5. The van der Waals surface area contributed by atoms with Gasteiger partial charge >= 0.3 is 0 Å². The van der Waals surface area contributed by atoms with Crippen molar-refractivity contribution < 1.29 is 0 Å². The second-order valence-electron chi connectivity index (χ2n) is 5.40. The third-order valence-corrected chi connectivity index (χ3v) is 5.01. The maximum absolute atomic E-state index is 4.58. The summed E-state index contributed by atoms with van der Waals surface area (Å²) in [4.78, 5) is 4.58. The summed E-state index contributed by atoms with van der Waals surface area (Å²) >= 11 is 1.78. The number of aromatic nitrogens is 1. The van der Waals surface area contributed by atoms with E-state index in [0.29, 0.717) is 6.04 Å². The molecule has 1 saturated carbocycles. The molecule has 1 N–H and O–H groups in total. The molecular formula is C16H20N2S. The minimum absolute atomic E-state index is 0.552. The van der Waals surface area contributed by atoms with Gasteiger partial charge in [-0.15, -0.1) is 11.3 Å². The lowest BCUT2D eigenvalue weighted by atomic mass is 10.0. The first kappa shape index (κ1) is 12.8. The molecule has 1 aliphatic carbocycles. The lowest BCUT2D eigenvalue weighted by Gasteiger charge is -2.14. The highest BCUT2D eigenvalue weighted by Gasteiger charge is 2.43. The molecule has 100 valence electrons. The van der Waals surface area contributed by atoms with Crippen molar-refractivity contribution in [3.63, 3.8) is 0 Å². The van der Waals surface area contributed by atoms with E-state index in [1.807, 2.05) is 0 Å². The highest BCUT2D eigenvalue weighted by Crippen LogP contribution is 2.50. The Bertz CT molecular complexity index is 535. The lowest BCUT2D eigenvalue weighted by molar-refractivity contribution is 0.490. The number of hydrogen-bond acceptors (Lipinski definition) is 3. The third-order valence-electron chi connectivity index (χ3n) is 4.02. The Hall–Kier alpha value is -1.19. The smallest absolute Gasteiger partial charge is 0.0943 e. The highest BCUT2D eigenvalue weighted by atomic mass is 32.1. The second-order valence-corrected chi connectivity index (χ2v) is 6.34. The van der Waals surface area contributed by atoms with Gasteiger partial charge in [0.15, 0.2) is 0 Å². The van der Waals surface area contributed by atoms with Gasteiger partial charge in [-0.2, -0.15) is 0 Å². The van der Waals surface area contributed by atoms with Crippen LogP contribution in [0.1, 0.15) is 28.6 Å². The summed E-state index contributed by atoms with van der Waals surface area (Å²) in [6.45, 7) is 2.07. The molecule has 0 aliphatic heterocycles. The fourth-order valence-electron chi connectivity index (χ4n) is 2.89. The van der Waals surface area contributed by atoms with Crippen molar-refractivity contribution in [2.75, 3.05) is 7.05 Å². The monoisotopic (exact) mass is 272 g/mol. The van der Waals surface area contributed by atoms with Gasteiger partial charge in [0.2, 0.25) is 0 Å². The summed E-state index contributed by atoms with van der Waals surface area (Å²) in [6.07, 6.45) is 2.36. The Labute approximate surface area is 118 Å². The Morgan fingerprint density at radius 3 is 2.79 bits per heavy atom. The first-order chi connectivity index (χ1) is 9.28. The average molecular weight is 272 g/mol. The van der Waals surface area contributed by atoms with Gasteiger partial charge in [-0.1, -0.05) is 30.3 Å². The van der Waals surface area contributed by atoms with E-state index >= 15 is 0 Å². The number of nitrogens with zero attached hydrogens (tertiary/aromatic N) is 1. The average Bonchev–Trinajstić information content (AvgIpc) is 3.13. The normalized spacial score (nSPS) is 23.3. The van der Waals surface area contributed by atoms with E-state index in [2.05, 4.69) is 60.0 Å². The van der Waals surface area contributed by atoms with Crippen molar-refractivity contribution in [2.24, 2.45) is 5.92 Å². The SMILES string of the molecule is CNC(Cc1nc(C)cs1)C1CC1c1ccccc1. The van der Waals surface area contributed by atoms with Gasteiger partial charge in [0.25, 0.3) is 0 Å². The first-order valence-corrected chi connectivity index (χ1v) is 7.79. The molecular weight excluding hydrogens is 252 g/mol. The number of nitrogens with one attached hydrogen (secondary N) is 1. The molecule has 3 rings (SSSR count). The van der Waals surface area contributed by atoms with Gasteiger partial charge in [-0.25, -0.2) is 4.98 Å². The summed E-state index contributed by atoms with van der Waals surface area (Å²) in [5.41, 5.74) is 2.63. The topological polar surface area (TPSA) is 24.9 Å². The van der Waals surface area contributed by atoms with Crippen LogP contribution in [-0.4, -0.2) is 18.1 Å². The van der Waals surface area contributed by atoms with Crippen molar-refractivity contribution in [3.05, 3.63) is 52.0 Å². The molecule has 19 heavy (non-hydrogen) atoms. The second kappa shape index (κ2) is 5.43. The van der Waals surface area contributed by atoms with Crippen LogP contribution in [0, 0.1) is 12.8 Å². The van der Waals surface area contributed by atoms with Gasteiger partial charge in [0, 0.05) is 23.5 Å². The molecule has 3 unspecified atom stereocenters. The van der Waals surface area contributed by atoms with Gasteiger partial charge in [-0.05, 0) is 37.8 Å². The maximum Gasteiger partial charge on any atom is 0.0943 e. The van der Waals surface area contributed by atoms with Crippen LogP contribution in [0.2, 0.25) is 0 Å². The van der Waals surface area contributed by atoms with Gasteiger partial charge in [0.05, 0.1) is 5.01 Å². The predicted molar refractivity (Wildman–Crippen MR) is 80.7 cm³/mol. The molecule has 0 spiro atoms.